The van der Waals surface area contributed by atoms with Crippen LogP contribution in [0.15, 0.2) is 45.3 Å². The number of benzene rings is 2. The molecule has 0 aliphatic carbocycles. The molecule has 0 saturated heterocycles. The Labute approximate surface area is 134 Å². The molecular weight excluding hydrogens is 387 g/mol. The molecule has 0 spiro atoms. The molecule has 2 aromatic carbocycles. The third-order valence-electron chi connectivity index (χ3n) is 3.24. The van der Waals surface area contributed by atoms with E-state index in [9.17, 15) is 4.39 Å². The van der Waals surface area contributed by atoms with E-state index in [4.69, 9.17) is 5.84 Å². The Kier molecular flexibility index (Phi) is 5.32. The summed E-state index contributed by atoms with van der Waals surface area (Å²) < 4.78 is 14.9. The summed E-state index contributed by atoms with van der Waals surface area (Å²) in [5.41, 5.74) is 6.08. The van der Waals surface area contributed by atoms with Gasteiger partial charge in [-0.2, -0.15) is 0 Å². The number of hydrogen-bond donors (Lipinski definition) is 2. The van der Waals surface area contributed by atoms with Crippen molar-refractivity contribution >= 4 is 31.9 Å². The molecule has 20 heavy (non-hydrogen) atoms. The minimum atomic E-state index is -0.254. The van der Waals surface area contributed by atoms with Gasteiger partial charge in [-0.05, 0) is 48.2 Å². The van der Waals surface area contributed by atoms with Crippen LogP contribution < -0.4 is 11.3 Å². The van der Waals surface area contributed by atoms with Crippen LogP contribution in [0.25, 0.3) is 0 Å². The first-order valence-corrected chi connectivity index (χ1v) is 7.76. The Balaban J connectivity index is 2.26. The molecular formula is C15H15Br2FN2. The van der Waals surface area contributed by atoms with E-state index in [0.717, 1.165) is 20.1 Å². The molecule has 106 valence electrons. The number of hydrogen-bond acceptors (Lipinski definition) is 2. The minimum Gasteiger partial charge on any atom is -0.271 e. The van der Waals surface area contributed by atoms with Crippen molar-refractivity contribution in [1.29, 1.82) is 0 Å². The summed E-state index contributed by atoms with van der Waals surface area (Å²) in [4.78, 5) is 0. The first kappa shape index (κ1) is 15.6. The van der Waals surface area contributed by atoms with Crippen LogP contribution in [0.2, 0.25) is 0 Å². The maximum Gasteiger partial charge on any atom is 0.124 e. The van der Waals surface area contributed by atoms with Gasteiger partial charge in [0.1, 0.15) is 5.82 Å². The quantitative estimate of drug-likeness (QED) is 0.588. The number of hydrazine groups is 1. The second kappa shape index (κ2) is 6.80. The summed E-state index contributed by atoms with van der Waals surface area (Å²) >= 11 is 6.91. The SMILES string of the molecule is Cc1ccc(C(Cc2ccc(F)cc2Br)NN)cc1Br. The van der Waals surface area contributed by atoms with Crippen molar-refractivity contribution in [3.63, 3.8) is 0 Å². The third kappa shape index (κ3) is 3.67. The Morgan fingerprint density at radius 3 is 2.50 bits per heavy atom. The maximum absolute atomic E-state index is 13.1. The van der Waals surface area contributed by atoms with Gasteiger partial charge in [0.05, 0.1) is 6.04 Å². The fourth-order valence-electron chi connectivity index (χ4n) is 2.01. The van der Waals surface area contributed by atoms with Crippen LogP contribution >= 0.6 is 31.9 Å². The van der Waals surface area contributed by atoms with Crippen molar-refractivity contribution in [1.82, 2.24) is 5.43 Å². The van der Waals surface area contributed by atoms with Crippen LogP contribution in [0.3, 0.4) is 0 Å². The second-order valence-electron chi connectivity index (χ2n) is 4.67. The standard InChI is InChI=1S/C15H15Br2FN2/c1-9-2-3-11(6-13(9)16)15(20-19)7-10-4-5-12(18)8-14(10)17/h2-6,8,15,20H,7,19H2,1H3. The van der Waals surface area contributed by atoms with E-state index in [1.54, 1.807) is 6.07 Å². The molecule has 2 rings (SSSR count). The summed E-state index contributed by atoms with van der Waals surface area (Å²) in [5.74, 6) is 5.41. The number of nitrogens with two attached hydrogens (primary N) is 1. The molecule has 5 heteroatoms. The van der Waals surface area contributed by atoms with E-state index >= 15 is 0 Å². The lowest BCUT2D eigenvalue weighted by atomic mass is 9.98. The predicted molar refractivity (Wildman–Crippen MR) is 86.7 cm³/mol. The van der Waals surface area contributed by atoms with Gasteiger partial charge in [0.15, 0.2) is 0 Å². The zero-order chi connectivity index (χ0) is 14.7. The van der Waals surface area contributed by atoms with Gasteiger partial charge in [0.25, 0.3) is 0 Å². The molecule has 0 bridgehead atoms. The average molecular weight is 402 g/mol. The molecule has 1 atom stereocenters. The van der Waals surface area contributed by atoms with E-state index in [0.29, 0.717) is 6.42 Å². The Morgan fingerprint density at radius 1 is 1.15 bits per heavy atom. The number of halogens is 3. The van der Waals surface area contributed by atoms with E-state index < -0.39 is 0 Å². The number of rotatable bonds is 4. The normalized spacial score (nSPS) is 12.4. The lowest BCUT2D eigenvalue weighted by molar-refractivity contribution is 0.549. The Hall–Kier alpha value is -0.750. The molecule has 2 aromatic rings. The molecule has 1 unspecified atom stereocenters. The van der Waals surface area contributed by atoms with Gasteiger partial charge in [0, 0.05) is 8.95 Å². The zero-order valence-corrected chi connectivity index (χ0v) is 14.1. The topological polar surface area (TPSA) is 38.0 Å². The van der Waals surface area contributed by atoms with E-state index in [2.05, 4.69) is 43.4 Å². The molecule has 0 saturated carbocycles. The average Bonchev–Trinajstić information content (AvgIpc) is 2.41. The summed E-state index contributed by atoms with van der Waals surface area (Å²) in [6, 6.07) is 10.8. The smallest absolute Gasteiger partial charge is 0.124 e. The van der Waals surface area contributed by atoms with Gasteiger partial charge in [-0.15, -0.1) is 0 Å². The van der Waals surface area contributed by atoms with E-state index in [1.807, 2.05) is 19.1 Å². The monoisotopic (exact) mass is 400 g/mol. The molecule has 0 amide bonds. The fraction of sp³-hybridized carbons (Fsp3) is 0.200. The highest BCUT2D eigenvalue weighted by atomic mass is 79.9. The van der Waals surface area contributed by atoms with E-state index in [-0.39, 0.29) is 11.9 Å². The van der Waals surface area contributed by atoms with Crippen LogP contribution in [-0.2, 0) is 6.42 Å². The third-order valence-corrected chi connectivity index (χ3v) is 4.83. The predicted octanol–water partition coefficient (Wildman–Crippen LogP) is 4.41. The first-order valence-electron chi connectivity index (χ1n) is 6.17. The first-order chi connectivity index (χ1) is 9.51. The Morgan fingerprint density at radius 2 is 1.90 bits per heavy atom. The van der Waals surface area contributed by atoms with Crippen LogP contribution in [-0.4, -0.2) is 0 Å². The zero-order valence-electron chi connectivity index (χ0n) is 11.0. The van der Waals surface area contributed by atoms with Gasteiger partial charge in [-0.1, -0.05) is 50.1 Å². The van der Waals surface area contributed by atoms with Crippen molar-refractivity contribution in [3.8, 4) is 0 Å². The summed E-state index contributed by atoms with van der Waals surface area (Å²) in [5, 5.41) is 0. The molecule has 0 heterocycles. The highest BCUT2D eigenvalue weighted by molar-refractivity contribution is 9.10. The summed E-state index contributed by atoms with van der Waals surface area (Å²) in [6.45, 7) is 2.04. The highest BCUT2D eigenvalue weighted by Gasteiger charge is 2.13. The lowest BCUT2D eigenvalue weighted by Gasteiger charge is -2.18. The van der Waals surface area contributed by atoms with Crippen LogP contribution in [0.1, 0.15) is 22.7 Å². The molecule has 0 aliphatic heterocycles. The largest absolute Gasteiger partial charge is 0.271 e. The van der Waals surface area contributed by atoms with Crippen molar-refractivity contribution in [2.45, 2.75) is 19.4 Å². The molecule has 0 fully saturated rings. The van der Waals surface area contributed by atoms with E-state index in [1.165, 1.54) is 17.7 Å². The highest BCUT2D eigenvalue weighted by Crippen LogP contribution is 2.27. The number of aryl methyl sites for hydroxylation is 1. The number of nitrogens with one attached hydrogen (secondary N) is 1. The lowest BCUT2D eigenvalue weighted by Crippen LogP contribution is -2.29. The van der Waals surface area contributed by atoms with Gasteiger partial charge >= 0.3 is 0 Å². The summed E-state index contributed by atoms with van der Waals surface area (Å²) in [7, 11) is 0. The fourth-order valence-corrected chi connectivity index (χ4v) is 2.92. The summed E-state index contributed by atoms with van der Waals surface area (Å²) in [6.07, 6.45) is 0.673. The van der Waals surface area contributed by atoms with Crippen molar-refractivity contribution in [3.05, 3.63) is 67.9 Å². The van der Waals surface area contributed by atoms with Crippen molar-refractivity contribution in [2.75, 3.05) is 0 Å². The van der Waals surface area contributed by atoms with Gasteiger partial charge in [-0.25, -0.2) is 4.39 Å². The van der Waals surface area contributed by atoms with Crippen molar-refractivity contribution < 1.29 is 4.39 Å². The Bertz CT molecular complexity index is 617. The van der Waals surface area contributed by atoms with Gasteiger partial charge < -0.3 is 0 Å². The van der Waals surface area contributed by atoms with Crippen LogP contribution in [0.5, 0.6) is 0 Å². The van der Waals surface area contributed by atoms with Crippen molar-refractivity contribution in [2.24, 2.45) is 5.84 Å². The van der Waals surface area contributed by atoms with Gasteiger partial charge in [-0.3, -0.25) is 11.3 Å². The molecule has 0 aromatic heterocycles. The molecule has 0 aliphatic rings. The maximum atomic E-state index is 13.1. The van der Waals surface area contributed by atoms with Crippen LogP contribution in [0, 0.1) is 12.7 Å². The minimum absolute atomic E-state index is 0.0336. The molecule has 2 nitrogen and oxygen atoms in total. The molecule has 3 N–H and O–H groups in total. The van der Waals surface area contributed by atoms with Crippen LogP contribution in [0.4, 0.5) is 4.39 Å². The molecule has 0 radical (unpaired) electrons. The second-order valence-corrected chi connectivity index (χ2v) is 6.38. The van der Waals surface area contributed by atoms with Gasteiger partial charge in [0.2, 0.25) is 0 Å².